The van der Waals surface area contributed by atoms with Gasteiger partial charge in [-0.3, -0.25) is 4.98 Å². The maximum absolute atomic E-state index is 6.13. The Morgan fingerprint density at radius 2 is 2.40 bits per heavy atom. The van der Waals surface area contributed by atoms with Crippen LogP contribution in [0.1, 0.15) is 37.4 Å². The lowest BCUT2D eigenvalue weighted by Crippen LogP contribution is -2.18. The van der Waals surface area contributed by atoms with E-state index >= 15 is 0 Å². The summed E-state index contributed by atoms with van der Waals surface area (Å²) in [5.41, 5.74) is 0.988. The second kappa shape index (κ2) is 4.95. The molecule has 1 unspecified atom stereocenters. The standard InChI is InChI=1S/C12H17ClN2/c1-14-11(7-6-9-4-5-9)12-10(13)3-2-8-15-12/h2-3,8-9,11,14H,4-7H2,1H3. The molecule has 0 aromatic carbocycles. The lowest BCUT2D eigenvalue weighted by atomic mass is 10.1. The van der Waals surface area contributed by atoms with E-state index in [4.69, 9.17) is 11.6 Å². The quantitative estimate of drug-likeness (QED) is 0.831. The molecule has 0 amide bonds. The first-order valence-corrected chi connectivity index (χ1v) is 5.96. The molecule has 0 aliphatic heterocycles. The Bertz CT molecular complexity index is 323. The fourth-order valence-corrected chi connectivity index (χ4v) is 2.13. The van der Waals surface area contributed by atoms with Crippen LogP contribution >= 0.6 is 11.6 Å². The molecular formula is C12H17ClN2. The molecule has 2 nitrogen and oxygen atoms in total. The summed E-state index contributed by atoms with van der Waals surface area (Å²) < 4.78 is 0. The molecule has 0 spiro atoms. The average Bonchev–Trinajstić information content (AvgIpc) is 3.05. The molecule has 1 fully saturated rings. The van der Waals surface area contributed by atoms with Crippen LogP contribution in [0.5, 0.6) is 0 Å². The van der Waals surface area contributed by atoms with Crippen molar-refractivity contribution in [3.63, 3.8) is 0 Å². The Labute approximate surface area is 96.1 Å². The molecule has 1 aliphatic rings. The molecule has 15 heavy (non-hydrogen) atoms. The van der Waals surface area contributed by atoms with Crippen molar-refractivity contribution in [1.29, 1.82) is 0 Å². The molecule has 0 saturated heterocycles. The monoisotopic (exact) mass is 224 g/mol. The Hall–Kier alpha value is -0.600. The summed E-state index contributed by atoms with van der Waals surface area (Å²) in [4.78, 5) is 4.35. The predicted octanol–water partition coefficient (Wildman–Crippen LogP) is 3.19. The van der Waals surface area contributed by atoms with Crippen molar-refractivity contribution >= 4 is 11.6 Å². The van der Waals surface area contributed by atoms with Gasteiger partial charge in [-0.1, -0.05) is 24.4 Å². The van der Waals surface area contributed by atoms with Gasteiger partial charge in [0, 0.05) is 6.20 Å². The number of hydrogen-bond acceptors (Lipinski definition) is 2. The molecule has 1 aromatic rings. The highest BCUT2D eigenvalue weighted by molar-refractivity contribution is 6.31. The molecule has 1 N–H and O–H groups in total. The molecular weight excluding hydrogens is 208 g/mol. The molecule has 1 heterocycles. The minimum Gasteiger partial charge on any atom is -0.312 e. The Balaban J connectivity index is 2.00. The summed E-state index contributed by atoms with van der Waals surface area (Å²) in [6.45, 7) is 0. The van der Waals surface area contributed by atoms with E-state index in [0.29, 0.717) is 6.04 Å². The van der Waals surface area contributed by atoms with E-state index in [9.17, 15) is 0 Å². The number of nitrogens with one attached hydrogen (secondary N) is 1. The highest BCUT2D eigenvalue weighted by Gasteiger charge is 2.23. The third-order valence-corrected chi connectivity index (χ3v) is 3.35. The van der Waals surface area contributed by atoms with Crippen molar-refractivity contribution in [3.05, 3.63) is 29.0 Å². The van der Waals surface area contributed by atoms with Crippen molar-refractivity contribution in [2.75, 3.05) is 7.05 Å². The van der Waals surface area contributed by atoms with Gasteiger partial charge in [0.05, 0.1) is 16.8 Å². The van der Waals surface area contributed by atoms with Gasteiger partial charge in [0.1, 0.15) is 0 Å². The summed E-state index contributed by atoms with van der Waals surface area (Å²) >= 11 is 6.13. The maximum Gasteiger partial charge on any atom is 0.0758 e. The van der Waals surface area contributed by atoms with Crippen LogP contribution in [-0.4, -0.2) is 12.0 Å². The van der Waals surface area contributed by atoms with E-state index in [2.05, 4.69) is 10.3 Å². The topological polar surface area (TPSA) is 24.9 Å². The first kappa shape index (κ1) is 10.9. The normalized spacial score (nSPS) is 17.7. The summed E-state index contributed by atoms with van der Waals surface area (Å²) in [5.74, 6) is 0.961. The summed E-state index contributed by atoms with van der Waals surface area (Å²) in [5, 5.41) is 4.07. The van der Waals surface area contributed by atoms with Crippen molar-refractivity contribution < 1.29 is 0 Å². The fourth-order valence-electron chi connectivity index (χ4n) is 1.88. The number of aromatic nitrogens is 1. The van der Waals surface area contributed by atoms with E-state index < -0.39 is 0 Å². The summed E-state index contributed by atoms with van der Waals surface area (Å²) in [6.07, 6.45) is 7.05. The second-order valence-electron chi connectivity index (χ2n) is 4.23. The van der Waals surface area contributed by atoms with Gasteiger partial charge in [-0.2, -0.15) is 0 Å². The predicted molar refractivity (Wildman–Crippen MR) is 63.0 cm³/mol. The largest absolute Gasteiger partial charge is 0.312 e. The molecule has 2 rings (SSSR count). The van der Waals surface area contributed by atoms with Crippen molar-refractivity contribution in [1.82, 2.24) is 10.3 Å². The van der Waals surface area contributed by atoms with E-state index in [1.165, 1.54) is 19.3 Å². The minimum atomic E-state index is 0.305. The summed E-state index contributed by atoms with van der Waals surface area (Å²) in [7, 11) is 1.97. The van der Waals surface area contributed by atoms with E-state index in [-0.39, 0.29) is 0 Å². The van der Waals surface area contributed by atoms with Crippen LogP contribution in [0.25, 0.3) is 0 Å². The van der Waals surface area contributed by atoms with Gasteiger partial charge in [0.25, 0.3) is 0 Å². The van der Waals surface area contributed by atoms with Crippen LogP contribution in [-0.2, 0) is 0 Å². The Kier molecular flexibility index (Phi) is 3.60. The molecule has 1 aliphatic carbocycles. The zero-order valence-electron chi connectivity index (χ0n) is 9.04. The fraction of sp³-hybridized carbons (Fsp3) is 0.583. The van der Waals surface area contributed by atoms with Gasteiger partial charge in [0.2, 0.25) is 0 Å². The average molecular weight is 225 g/mol. The number of hydrogen-bond donors (Lipinski definition) is 1. The van der Waals surface area contributed by atoms with Crippen molar-refractivity contribution in [2.45, 2.75) is 31.7 Å². The van der Waals surface area contributed by atoms with E-state index in [1.54, 1.807) is 0 Å². The van der Waals surface area contributed by atoms with Crippen LogP contribution in [0.2, 0.25) is 5.02 Å². The van der Waals surface area contributed by atoms with Crippen LogP contribution in [0.4, 0.5) is 0 Å². The van der Waals surface area contributed by atoms with Crippen LogP contribution in [0.3, 0.4) is 0 Å². The van der Waals surface area contributed by atoms with Gasteiger partial charge >= 0.3 is 0 Å². The molecule has 1 atom stereocenters. The van der Waals surface area contributed by atoms with Crippen molar-refractivity contribution in [2.24, 2.45) is 5.92 Å². The third kappa shape index (κ3) is 2.93. The SMILES string of the molecule is CNC(CCC1CC1)c1ncccc1Cl. The minimum absolute atomic E-state index is 0.305. The molecule has 82 valence electrons. The van der Waals surface area contributed by atoms with Crippen LogP contribution < -0.4 is 5.32 Å². The van der Waals surface area contributed by atoms with Gasteiger partial charge in [-0.05, 0) is 37.9 Å². The molecule has 1 saturated carbocycles. The molecule has 3 heteroatoms. The van der Waals surface area contributed by atoms with E-state index in [1.807, 2.05) is 25.4 Å². The molecule has 1 aromatic heterocycles. The number of pyridine rings is 1. The Morgan fingerprint density at radius 1 is 1.60 bits per heavy atom. The number of halogens is 1. The first-order valence-electron chi connectivity index (χ1n) is 5.59. The third-order valence-electron chi connectivity index (χ3n) is 3.03. The van der Waals surface area contributed by atoms with Gasteiger partial charge in [-0.25, -0.2) is 0 Å². The van der Waals surface area contributed by atoms with Crippen molar-refractivity contribution in [3.8, 4) is 0 Å². The zero-order valence-corrected chi connectivity index (χ0v) is 9.80. The van der Waals surface area contributed by atoms with Gasteiger partial charge in [0.15, 0.2) is 0 Å². The van der Waals surface area contributed by atoms with Crippen LogP contribution in [0.15, 0.2) is 18.3 Å². The zero-order chi connectivity index (χ0) is 10.7. The second-order valence-corrected chi connectivity index (χ2v) is 4.64. The molecule has 0 bridgehead atoms. The first-order chi connectivity index (χ1) is 7.31. The number of nitrogens with zero attached hydrogens (tertiary/aromatic N) is 1. The summed E-state index contributed by atoms with van der Waals surface area (Å²) in [6, 6.07) is 4.09. The Morgan fingerprint density at radius 3 is 3.00 bits per heavy atom. The highest BCUT2D eigenvalue weighted by Crippen LogP contribution is 2.36. The van der Waals surface area contributed by atoms with Gasteiger partial charge < -0.3 is 5.32 Å². The highest BCUT2D eigenvalue weighted by atomic mass is 35.5. The lowest BCUT2D eigenvalue weighted by molar-refractivity contribution is 0.496. The smallest absolute Gasteiger partial charge is 0.0758 e. The molecule has 0 radical (unpaired) electrons. The van der Waals surface area contributed by atoms with Gasteiger partial charge in [-0.15, -0.1) is 0 Å². The lowest BCUT2D eigenvalue weighted by Gasteiger charge is -2.16. The van der Waals surface area contributed by atoms with E-state index in [0.717, 1.165) is 23.1 Å². The number of rotatable bonds is 5. The maximum atomic E-state index is 6.13. The van der Waals surface area contributed by atoms with Crippen LogP contribution in [0, 0.1) is 5.92 Å².